The number of nitrogens with zero attached hydrogens (tertiary/aromatic N) is 3. The third-order valence-corrected chi connectivity index (χ3v) is 6.50. The van der Waals surface area contributed by atoms with Crippen molar-refractivity contribution in [2.24, 2.45) is 0 Å². The maximum atomic E-state index is 13.2. The number of rotatable bonds is 7. The van der Waals surface area contributed by atoms with Gasteiger partial charge in [-0.2, -0.15) is 5.26 Å². The Hall–Kier alpha value is -3.13. The Labute approximate surface area is 191 Å². The molecule has 0 bridgehead atoms. The first-order valence-electron chi connectivity index (χ1n) is 11.6. The van der Waals surface area contributed by atoms with Gasteiger partial charge in [0.25, 0.3) is 11.8 Å². The van der Waals surface area contributed by atoms with Crippen LogP contribution in [-0.4, -0.2) is 29.8 Å². The highest BCUT2D eigenvalue weighted by Crippen LogP contribution is 2.47. The molecule has 2 aliphatic heterocycles. The number of fused-ring (bicyclic) bond motifs is 1. The summed E-state index contributed by atoms with van der Waals surface area (Å²) in [5.41, 5.74) is 4.31. The molecule has 0 aromatic heterocycles. The number of carbonyl (C=O) groups is 2. The van der Waals surface area contributed by atoms with Crippen LogP contribution in [0.1, 0.15) is 65.9 Å². The highest BCUT2D eigenvalue weighted by Gasteiger charge is 2.40. The van der Waals surface area contributed by atoms with Crippen LogP contribution in [0.2, 0.25) is 0 Å². The Morgan fingerprint density at radius 2 is 1.59 bits per heavy atom. The van der Waals surface area contributed by atoms with Crippen molar-refractivity contribution in [3.8, 4) is 6.07 Å². The smallest absolute Gasteiger partial charge is 0.271 e. The van der Waals surface area contributed by atoms with Crippen LogP contribution in [-0.2, 0) is 15.0 Å². The van der Waals surface area contributed by atoms with E-state index in [-0.39, 0.29) is 16.9 Å². The van der Waals surface area contributed by atoms with E-state index in [1.54, 1.807) is 6.92 Å². The Kier molecular flexibility index (Phi) is 7.03. The fourth-order valence-corrected chi connectivity index (χ4v) is 4.54. The Morgan fingerprint density at radius 3 is 2.22 bits per heavy atom. The van der Waals surface area contributed by atoms with E-state index >= 15 is 0 Å². The highest BCUT2D eigenvalue weighted by molar-refractivity contribution is 6.18. The highest BCUT2D eigenvalue weighted by atomic mass is 16.2. The van der Waals surface area contributed by atoms with Gasteiger partial charge in [-0.3, -0.25) is 14.5 Å². The predicted molar refractivity (Wildman–Crippen MR) is 128 cm³/mol. The SMILES string of the molecule is CCCCN1C(=O)C(C#N)=C(C)/C(=C\C=C2/N(CCCC)c3ccccc3C2(C)C)C1=O. The molecule has 32 heavy (non-hydrogen) atoms. The molecule has 5 heteroatoms. The molecular formula is C27H33N3O2. The van der Waals surface area contributed by atoms with E-state index in [9.17, 15) is 14.9 Å². The van der Waals surface area contributed by atoms with Gasteiger partial charge < -0.3 is 4.90 Å². The van der Waals surface area contributed by atoms with Crippen LogP contribution >= 0.6 is 0 Å². The zero-order valence-electron chi connectivity index (χ0n) is 19.9. The number of nitriles is 1. The zero-order chi connectivity index (χ0) is 23.5. The van der Waals surface area contributed by atoms with Crippen molar-refractivity contribution in [2.75, 3.05) is 18.0 Å². The third kappa shape index (κ3) is 4.02. The van der Waals surface area contributed by atoms with Crippen molar-refractivity contribution in [1.29, 1.82) is 5.26 Å². The van der Waals surface area contributed by atoms with Gasteiger partial charge in [-0.1, -0.05) is 58.7 Å². The standard InChI is InChI=1S/C27H33N3O2/c1-6-8-16-29-23-13-11-10-12-22(23)27(4,5)24(29)15-14-20-19(3)21(18-28)26(32)30(25(20)31)17-9-7-2/h10-15H,6-9,16-17H2,1-5H3/b20-14+,24-15-. The van der Waals surface area contributed by atoms with Crippen LogP contribution in [0.5, 0.6) is 0 Å². The number of carbonyl (C=O) groups excluding carboxylic acids is 2. The molecule has 5 nitrogen and oxygen atoms in total. The normalized spacial score (nSPS) is 20.4. The second-order valence-corrected chi connectivity index (χ2v) is 9.01. The second-order valence-electron chi connectivity index (χ2n) is 9.01. The maximum absolute atomic E-state index is 13.2. The number of allylic oxidation sites excluding steroid dienone is 3. The minimum atomic E-state index is -0.480. The van der Waals surface area contributed by atoms with E-state index in [0.717, 1.165) is 37.9 Å². The summed E-state index contributed by atoms with van der Waals surface area (Å²) in [6.07, 6.45) is 7.56. The Bertz CT molecular complexity index is 1050. The molecule has 0 spiro atoms. The van der Waals surface area contributed by atoms with E-state index in [2.05, 4.69) is 49.9 Å². The molecule has 0 unspecified atom stereocenters. The summed E-state index contributed by atoms with van der Waals surface area (Å²) in [4.78, 5) is 29.5. The number of hydrogen-bond acceptors (Lipinski definition) is 4. The molecule has 2 heterocycles. The lowest BCUT2D eigenvalue weighted by Gasteiger charge is -2.28. The van der Waals surface area contributed by atoms with Gasteiger partial charge in [0.15, 0.2) is 0 Å². The maximum Gasteiger partial charge on any atom is 0.271 e. The fraction of sp³-hybridized carbons (Fsp3) is 0.444. The Balaban J connectivity index is 2.10. The van der Waals surface area contributed by atoms with Crippen molar-refractivity contribution in [3.05, 3.63) is 64.4 Å². The van der Waals surface area contributed by atoms with Crippen LogP contribution in [0.25, 0.3) is 0 Å². The number of amides is 2. The van der Waals surface area contributed by atoms with Crippen LogP contribution in [0, 0.1) is 11.3 Å². The number of unbranched alkanes of at least 4 members (excludes halogenated alkanes) is 2. The van der Waals surface area contributed by atoms with Crippen molar-refractivity contribution < 1.29 is 9.59 Å². The summed E-state index contributed by atoms with van der Waals surface area (Å²) in [5, 5.41) is 9.58. The molecule has 0 radical (unpaired) electrons. The molecule has 0 saturated carbocycles. The molecule has 1 aromatic rings. The molecule has 0 N–H and O–H groups in total. The molecule has 0 aliphatic carbocycles. The van der Waals surface area contributed by atoms with E-state index in [1.165, 1.54) is 16.2 Å². The third-order valence-electron chi connectivity index (χ3n) is 6.50. The lowest BCUT2D eigenvalue weighted by molar-refractivity contribution is -0.140. The topological polar surface area (TPSA) is 64.4 Å². The van der Waals surface area contributed by atoms with Gasteiger partial charge in [0.05, 0.1) is 0 Å². The molecule has 2 aliphatic rings. The van der Waals surface area contributed by atoms with Crippen molar-refractivity contribution in [2.45, 2.75) is 65.7 Å². The van der Waals surface area contributed by atoms with Crippen molar-refractivity contribution >= 4 is 17.5 Å². The van der Waals surface area contributed by atoms with E-state index in [1.807, 2.05) is 25.1 Å². The zero-order valence-corrected chi connectivity index (χ0v) is 19.9. The van der Waals surface area contributed by atoms with Gasteiger partial charge >= 0.3 is 0 Å². The van der Waals surface area contributed by atoms with E-state index < -0.39 is 5.91 Å². The van der Waals surface area contributed by atoms with Gasteiger partial charge in [-0.05, 0) is 49.1 Å². The van der Waals surface area contributed by atoms with Gasteiger partial charge in [0.2, 0.25) is 0 Å². The summed E-state index contributed by atoms with van der Waals surface area (Å²) >= 11 is 0. The molecular weight excluding hydrogens is 398 g/mol. The number of hydrogen-bond donors (Lipinski definition) is 0. The summed E-state index contributed by atoms with van der Waals surface area (Å²) in [7, 11) is 0. The average Bonchev–Trinajstić information content (AvgIpc) is 2.99. The minimum Gasteiger partial charge on any atom is -0.344 e. The molecule has 3 rings (SSSR count). The average molecular weight is 432 g/mol. The Morgan fingerprint density at radius 1 is 0.969 bits per heavy atom. The number of imide groups is 1. The fourth-order valence-electron chi connectivity index (χ4n) is 4.54. The number of anilines is 1. The summed E-state index contributed by atoms with van der Waals surface area (Å²) in [6.45, 7) is 11.5. The van der Waals surface area contributed by atoms with Gasteiger partial charge in [0, 0.05) is 35.5 Å². The molecule has 0 saturated heterocycles. The first kappa shape index (κ1) is 23.5. The van der Waals surface area contributed by atoms with Crippen LogP contribution in [0.4, 0.5) is 5.69 Å². The quantitative estimate of drug-likeness (QED) is 0.428. The summed E-state index contributed by atoms with van der Waals surface area (Å²) < 4.78 is 0. The minimum absolute atomic E-state index is 0.0576. The van der Waals surface area contributed by atoms with Gasteiger partial charge in [0.1, 0.15) is 11.6 Å². The summed E-state index contributed by atoms with van der Waals surface area (Å²) in [5.74, 6) is -0.795. The second kappa shape index (κ2) is 9.56. The predicted octanol–water partition coefficient (Wildman–Crippen LogP) is 5.40. The number of benzene rings is 1. The van der Waals surface area contributed by atoms with Gasteiger partial charge in [-0.25, -0.2) is 0 Å². The largest absolute Gasteiger partial charge is 0.344 e. The molecule has 168 valence electrons. The monoisotopic (exact) mass is 431 g/mol. The lowest BCUT2D eigenvalue weighted by Crippen LogP contribution is -2.43. The molecule has 1 aromatic carbocycles. The van der Waals surface area contributed by atoms with Crippen molar-refractivity contribution in [3.63, 3.8) is 0 Å². The number of para-hydroxylation sites is 1. The first-order valence-corrected chi connectivity index (χ1v) is 11.6. The van der Waals surface area contributed by atoms with E-state index in [4.69, 9.17) is 0 Å². The molecule has 2 amide bonds. The molecule has 0 fully saturated rings. The van der Waals surface area contributed by atoms with Crippen molar-refractivity contribution in [1.82, 2.24) is 4.90 Å². The van der Waals surface area contributed by atoms with E-state index in [0.29, 0.717) is 17.7 Å². The van der Waals surface area contributed by atoms with Gasteiger partial charge in [-0.15, -0.1) is 0 Å². The summed E-state index contributed by atoms with van der Waals surface area (Å²) in [6, 6.07) is 10.5. The lowest BCUT2D eigenvalue weighted by atomic mass is 9.83. The van der Waals surface area contributed by atoms with Crippen LogP contribution in [0.15, 0.2) is 58.8 Å². The van der Waals surface area contributed by atoms with Crippen LogP contribution in [0.3, 0.4) is 0 Å². The first-order chi connectivity index (χ1) is 15.3. The van der Waals surface area contributed by atoms with Crippen LogP contribution < -0.4 is 4.90 Å². The molecule has 0 atom stereocenters.